The Labute approximate surface area is 93.8 Å². The van der Waals surface area contributed by atoms with Crippen molar-refractivity contribution in [1.29, 1.82) is 0 Å². The number of aromatic nitrogens is 2. The van der Waals surface area contributed by atoms with Crippen LogP contribution in [-0.4, -0.2) is 40.0 Å². The molecule has 0 radical (unpaired) electrons. The topological polar surface area (TPSA) is 92.1 Å². The lowest BCUT2D eigenvalue weighted by Crippen LogP contribution is -2.38. The van der Waals surface area contributed by atoms with Crippen molar-refractivity contribution < 1.29 is 9.59 Å². The number of rotatable bonds is 4. The maximum atomic E-state index is 12.1. The molecule has 0 aliphatic carbocycles. The van der Waals surface area contributed by atoms with Crippen LogP contribution < -0.4 is 5.73 Å². The summed E-state index contributed by atoms with van der Waals surface area (Å²) in [6, 6.07) is 0. The van der Waals surface area contributed by atoms with Crippen LogP contribution >= 0.6 is 0 Å². The van der Waals surface area contributed by atoms with Gasteiger partial charge in [0.15, 0.2) is 0 Å². The number of nitrogens with zero attached hydrogens (tertiary/aromatic N) is 2. The Kier molecular flexibility index (Phi) is 3.65. The predicted octanol–water partition coefficient (Wildman–Crippen LogP) is -0.0261. The van der Waals surface area contributed by atoms with Crippen LogP contribution in [-0.2, 0) is 4.79 Å². The first-order valence-electron chi connectivity index (χ1n) is 5.06. The van der Waals surface area contributed by atoms with Gasteiger partial charge in [-0.3, -0.25) is 14.7 Å². The van der Waals surface area contributed by atoms with Crippen LogP contribution in [0, 0.1) is 13.8 Å². The largest absolute Gasteiger partial charge is 0.368 e. The van der Waals surface area contributed by atoms with Crippen molar-refractivity contribution >= 4 is 11.8 Å². The molecule has 6 heteroatoms. The highest BCUT2D eigenvalue weighted by atomic mass is 16.2. The van der Waals surface area contributed by atoms with Crippen LogP contribution in [0.5, 0.6) is 0 Å². The number of H-pyrrole nitrogens is 1. The third kappa shape index (κ3) is 2.39. The SMILES string of the molecule is CCN(CC(N)=O)C(=O)c1c(C)n[nH]c1C. The van der Waals surface area contributed by atoms with Crippen molar-refractivity contribution in [1.82, 2.24) is 15.1 Å². The molecule has 1 aromatic rings. The van der Waals surface area contributed by atoms with Gasteiger partial charge in [0.2, 0.25) is 5.91 Å². The van der Waals surface area contributed by atoms with E-state index in [4.69, 9.17) is 5.73 Å². The van der Waals surface area contributed by atoms with E-state index in [0.29, 0.717) is 23.5 Å². The van der Waals surface area contributed by atoms with Crippen LogP contribution in [0.3, 0.4) is 0 Å². The predicted molar refractivity (Wildman–Crippen MR) is 58.8 cm³/mol. The molecule has 0 aromatic carbocycles. The smallest absolute Gasteiger partial charge is 0.258 e. The average Bonchev–Trinajstić information content (AvgIpc) is 2.54. The molecule has 3 N–H and O–H groups in total. The van der Waals surface area contributed by atoms with Gasteiger partial charge in [0.25, 0.3) is 5.91 Å². The normalized spacial score (nSPS) is 10.2. The summed E-state index contributed by atoms with van der Waals surface area (Å²) in [5, 5.41) is 6.68. The van der Waals surface area contributed by atoms with Gasteiger partial charge in [0.05, 0.1) is 17.8 Å². The lowest BCUT2D eigenvalue weighted by molar-refractivity contribution is -0.118. The first kappa shape index (κ1) is 12.2. The maximum absolute atomic E-state index is 12.1. The molecule has 88 valence electrons. The summed E-state index contributed by atoms with van der Waals surface area (Å²) in [6.45, 7) is 5.68. The van der Waals surface area contributed by atoms with E-state index < -0.39 is 5.91 Å². The van der Waals surface area contributed by atoms with Gasteiger partial charge in [-0.15, -0.1) is 0 Å². The van der Waals surface area contributed by atoms with E-state index in [1.54, 1.807) is 20.8 Å². The van der Waals surface area contributed by atoms with Crippen molar-refractivity contribution in [2.75, 3.05) is 13.1 Å². The molecule has 0 bridgehead atoms. The maximum Gasteiger partial charge on any atom is 0.258 e. The minimum atomic E-state index is -0.519. The van der Waals surface area contributed by atoms with E-state index in [1.807, 2.05) is 0 Å². The first-order valence-corrected chi connectivity index (χ1v) is 5.06. The fraction of sp³-hybridized carbons (Fsp3) is 0.500. The molecule has 0 saturated heterocycles. The van der Waals surface area contributed by atoms with Gasteiger partial charge < -0.3 is 10.6 Å². The highest BCUT2D eigenvalue weighted by Crippen LogP contribution is 2.12. The quantitative estimate of drug-likeness (QED) is 0.752. The Morgan fingerprint density at radius 2 is 2.06 bits per heavy atom. The van der Waals surface area contributed by atoms with Gasteiger partial charge in [0, 0.05) is 12.2 Å². The standard InChI is InChI=1S/C10H16N4O2/c1-4-14(5-8(11)15)10(16)9-6(2)12-13-7(9)3/h4-5H2,1-3H3,(H2,11,15)(H,12,13). The number of hydrogen-bond acceptors (Lipinski definition) is 3. The summed E-state index contributed by atoms with van der Waals surface area (Å²) in [5.41, 5.74) is 6.93. The molecular formula is C10H16N4O2. The van der Waals surface area contributed by atoms with Gasteiger partial charge in [-0.2, -0.15) is 5.10 Å². The van der Waals surface area contributed by atoms with Crippen molar-refractivity contribution in [3.05, 3.63) is 17.0 Å². The van der Waals surface area contributed by atoms with E-state index in [9.17, 15) is 9.59 Å². The van der Waals surface area contributed by atoms with Crippen molar-refractivity contribution in [2.24, 2.45) is 5.73 Å². The second kappa shape index (κ2) is 4.78. The summed E-state index contributed by atoms with van der Waals surface area (Å²) >= 11 is 0. The van der Waals surface area contributed by atoms with Crippen LogP contribution in [0.4, 0.5) is 0 Å². The zero-order valence-electron chi connectivity index (χ0n) is 9.70. The highest BCUT2D eigenvalue weighted by molar-refractivity contribution is 5.98. The van der Waals surface area contributed by atoms with Gasteiger partial charge in [0.1, 0.15) is 0 Å². The molecule has 2 amide bonds. The fourth-order valence-corrected chi connectivity index (χ4v) is 1.54. The molecule has 16 heavy (non-hydrogen) atoms. The van der Waals surface area contributed by atoms with Crippen molar-refractivity contribution in [3.8, 4) is 0 Å². The monoisotopic (exact) mass is 224 g/mol. The third-order valence-corrected chi connectivity index (χ3v) is 2.36. The van der Waals surface area contributed by atoms with E-state index in [0.717, 1.165) is 0 Å². The van der Waals surface area contributed by atoms with Crippen LogP contribution in [0.25, 0.3) is 0 Å². The summed E-state index contributed by atoms with van der Waals surface area (Å²) in [6.07, 6.45) is 0. The second-order valence-electron chi connectivity index (χ2n) is 3.59. The number of hydrogen-bond donors (Lipinski definition) is 2. The number of aromatic amines is 1. The minimum Gasteiger partial charge on any atom is -0.368 e. The van der Waals surface area contributed by atoms with Crippen LogP contribution in [0.1, 0.15) is 28.7 Å². The molecule has 6 nitrogen and oxygen atoms in total. The van der Waals surface area contributed by atoms with E-state index >= 15 is 0 Å². The molecule has 0 spiro atoms. The van der Waals surface area contributed by atoms with Gasteiger partial charge in [-0.05, 0) is 20.8 Å². The lowest BCUT2D eigenvalue weighted by atomic mass is 10.1. The fourth-order valence-electron chi connectivity index (χ4n) is 1.54. The average molecular weight is 224 g/mol. The number of amides is 2. The van der Waals surface area contributed by atoms with Gasteiger partial charge >= 0.3 is 0 Å². The second-order valence-corrected chi connectivity index (χ2v) is 3.59. The molecule has 0 saturated carbocycles. The Bertz CT molecular complexity index is 391. The molecule has 0 aliphatic heterocycles. The number of nitrogens with two attached hydrogens (primary N) is 1. The molecule has 0 fully saturated rings. The molecule has 1 heterocycles. The molecule has 1 aromatic heterocycles. The zero-order chi connectivity index (χ0) is 12.3. The molecular weight excluding hydrogens is 208 g/mol. The number of likely N-dealkylation sites (N-methyl/N-ethyl adjacent to an activating group) is 1. The Hall–Kier alpha value is -1.85. The number of aryl methyl sites for hydroxylation is 2. The van der Waals surface area contributed by atoms with Gasteiger partial charge in [-0.1, -0.05) is 0 Å². The zero-order valence-corrected chi connectivity index (χ0v) is 9.70. The summed E-state index contributed by atoms with van der Waals surface area (Å²) in [4.78, 5) is 24.3. The third-order valence-electron chi connectivity index (χ3n) is 2.36. The van der Waals surface area contributed by atoms with E-state index in [2.05, 4.69) is 10.2 Å². The van der Waals surface area contributed by atoms with Crippen LogP contribution in [0.15, 0.2) is 0 Å². The Morgan fingerprint density at radius 1 is 1.44 bits per heavy atom. The number of primary amides is 1. The summed E-state index contributed by atoms with van der Waals surface area (Å²) < 4.78 is 0. The first-order chi connectivity index (χ1) is 7.47. The van der Waals surface area contributed by atoms with E-state index in [-0.39, 0.29) is 12.5 Å². The van der Waals surface area contributed by atoms with Crippen molar-refractivity contribution in [2.45, 2.75) is 20.8 Å². The molecule has 0 unspecified atom stereocenters. The molecule has 0 aliphatic rings. The number of carbonyl (C=O) groups is 2. The van der Waals surface area contributed by atoms with Crippen LogP contribution in [0.2, 0.25) is 0 Å². The number of carbonyl (C=O) groups excluding carboxylic acids is 2. The Balaban J connectivity index is 2.95. The minimum absolute atomic E-state index is 0.0700. The van der Waals surface area contributed by atoms with Crippen molar-refractivity contribution in [3.63, 3.8) is 0 Å². The molecule has 1 rings (SSSR count). The summed E-state index contributed by atoms with van der Waals surface area (Å²) in [5.74, 6) is -0.737. The number of nitrogens with one attached hydrogen (secondary N) is 1. The summed E-state index contributed by atoms with van der Waals surface area (Å²) in [7, 11) is 0. The lowest BCUT2D eigenvalue weighted by Gasteiger charge is -2.18. The highest BCUT2D eigenvalue weighted by Gasteiger charge is 2.21. The Morgan fingerprint density at radius 3 is 2.44 bits per heavy atom. The van der Waals surface area contributed by atoms with E-state index in [1.165, 1.54) is 4.90 Å². The van der Waals surface area contributed by atoms with Gasteiger partial charge in [-0.25, -0.2) is 0 Å². The molecule has 0 atom stereocenters.